The van der Waals surface area contributed by atoms with Crippen LogP contribution in [0, 0.1) is 13.8 Å². The Bertz CT molecular complexity index is 1160. The molecule has 4 rings (SSSR count). The van der Waals surface area contributed by atoms with Crippen LogP contribution in [0.2, 0.25) is 0 Å². The Kier molecular flexibility index (Phi) is 4.66. The number of pyridine rings is 1. The van der Waals surface area contributed by atoms with Crippen molar-refractivity contribution in [1.29, 1.82) is 0 Å². The Balaban J connectivity index is 2.13. The lowest BCUT2D eigenvalue weighted by atomic mass is 9.92. The van der Waals surface area contributed by atoms with E-state index < -0.39 is 5.97 Å². The summed E-state index contributed by atoms with van der Waals surface area (Å²) in [6.45, 7) is 4.11. The van der Waals surface area contributed by atoms with Gasteiger partial charge in [0, 0.05) is 16.5 Å². The minimum Gasteiger partial charge on any atom is -0.464 e. The van der Waals surface area contributed by atoms with E-state index in [1.54, 1.807) is 0 Å². The van der Waals surface area contributed by atoms with Gasteiger partial charge in [0.05, 0.1) is 12.8 Å². The molecule has 0 bridgehead atoms. The topological polar surface area (TPSA) is 39.2 Å². The average molecular weight is 367 g/mol. The summed E-state index contributed by atoms with van der Waals surface area (Å²) in [5, 5.41) is 2.01. The first-order valence-electron chi connectivity index (χ1n) is 9.23. The van der Waals surface area contributed by atoms with E-state index in [1.165, 1.54) is 7.11 Å². The normalized spacial score (nSPS) is 10.8. The van der Waals surface area contributed by atoms with E-state index in [-0.39, 0.29) is 0 Å². The zero-order chi connectivity index (χ0) is 19.7. The molecule has 0 atom stereocenters. The summed E-state index contributed by atoms with van der Waals surface area (Å²) < 4.78 is 5.08. The van der Waals surface area contributed by atoms with Crippen LogP contribution in [0.4, 0.5) is 0 Å². The summed E-state index contributed by atoms with van der Waals surface area (Å²) in [7, 11) is 1.39. The first kappa shape index (κ1) is 17.9. The van der Waals surface area contributed by atoms with Gasteiger partial charge in [0.25, 0.3) is 0 Å². The predicted octanol–water partition coefficient (Wildman–Crippen LogP) is 5.97. The Labute approximate surface area is 164 Å². The van der Waals surface area contributed by atoms with E-state index in [1.807, 2.05) is 61.5 Å². The number of ether oxygens (including phenoxy) is 1. The Hall–Kier alpha value is -3.46. The lowest BCUT2D eigenvalue weighted by molar-refractivity contribution is 0.0595. The fourth-order valence-corrected chi connectivity index (χ4v) is 3.50. The van der Waals surface area contributed by atoms with E-state index >= 15 is 0 Å². The van der Waals surface area contributed by atoms with Crippen molar-refractivity contribution in [1.82, 2.24) is 4.98 Å². The zero-order valence-electron chi connectivity index (χ0n) is 16.2. The number of hydrogen-bond donors (Lipinski definition) is 0. The molecule has 138 valence electrons. The van der Waals surface area contributed by atoms with Crippen molar-refractivity contribution in [2.45, 2.75) is 13.8 Å². The van der Waals surface area contributed by atoms with Gasteiger partial charge in [-0.05, 0) is 30.9 Å². The average Bonchev–Trinajstić information content (AvgIpc) is 2.73. The van der Waals surface area contributed by atoms with E-state index in [0.717, 1.165) is 44.3 Å². The lowest BCUT2D eigenvalue weighted by Crippen LogP contribution is -2.09. The lowest BCUT2D eigenvalue weighted by Gasteiger charge is -2.16. The second kappa shape index (κ2) is 7.28. The van der Waals surface area contributed by atoms with Crippen LogP contribution in [0.15, 0.2) is 72.8 Å². The number of rotatable bonds is 3. The summed E-state index contributed by atoms with van der Waals surface area (Å²) in [4.78, 5) is 17.5. The highest BCUT2D eigenvalue weighted by molar-refractivity contribution is 6.10. The quantitative estimate of drug-likeness (QED) is 0.419. The maximum atomic E-state index is 12.7. The van der Waals surface area contributed by atoms with Crippen LogP contribution in [-0.4, -0.2) is 18.1 Å². The van der Waals surface area contributed by atoms with Gasteiger partial charge in [0.15, 0.2) is 5.69 Å². The van der Waals surface area contributed by atoms with Gasteiger partial charge in [0.1, 0.15) is 0 Å². The first-order chi connectivity index (χ1) is 13.6. The number of nitrogens with zero attached hydrogens (tertiary/aromatic N) is 1. The molecule has 0 spiro atoms. The van der Waals surface area contributed by atoms with Gasteiger partial charge in [0.2, 0.25) is 0 Å². The monoisotopic (exact) mass is 367 g/mol. The fraction of sp³-hybridized carbons (Fsp3) is 0.120. The molecule has 0 amide bonds. The molecule has 4 aromatic rings. The van der Waals surface area contributed by atoms with Crippen LogP contribution < -0.4 is 0 Å². The third kappa shape index (κ3) is 3.16. The van der Waals surface area contributed by atoms with Gasteiger partial charge < -0.3 is 4.74 Å². The summed E-state index contributed by atoms with van der Waals surface area (Å²) in [6.07, 6.45) is 0. The molecule has 3 aromatic carbocycles. The standard InChI is InChI=1S/C25H21NO2/c1-16-9-12-18(13-10-16)22-20-14-11-17(2)15-21(20)23(19-7-5-4-6-8-19)26-24(22)25(27)28-3/h4-15H,1-3H3. The molecule has 0 saturated carbocycles. The third-order valence-corrected chi connectivity index (χ3v) is 4.93. The summed E-state index contributed by atoms with van der Waals surface area (Å²) in [5.74, 6) is -0.435. The molecule has 0 aliphatic carbocycles. The molecule has 1 heterocycles. The molecule has 0 saturated heterocycles. The highest BCUT2D eigenvalue weighted by Gasteiger charge is 2.22. The molecule has 0 aliphatic rings. The van der Waals surface area contributed by atoms with E-state index in [9.17, 15) is 4.79 Å². The van der Waals surface area contributed by atoms with Crippen molar-refractivity contribution in [2.24, 2.45) is 0 Å². The third-order valence-electron chi connectivity index (χ3n) is 4.93. The first-order valence-corrected chi connectivity index (χ1v) is 9.23. The number of hydrogen-bond acceptors (Lipinski definition) is 3. The van der Waals surface area contributed by atoms with Gasteiger partial charge in [-0.15, -0.1) is 0 Å². The molecule has 1 aromatic heterocycles. The van der Waals surface area contributed by atoms with Crippen LogP contribution in [0.1, 0.15) is 21.6 Å². The van der Waals surface area contributed by atoms with Gasteiger partial charge >= 0.3 is 5.97 Å². The van der Waals surface area contributed by atoms with Crippen molar-refractivity contribution in [3.8, 4) is 22.4 Å². The number of benzene rings is 3. The number of esters is 1. The molecule has 0 N–H and O–H groups in total. The molecule has 0 aliphatic heterocycles. The number of aryl methyl sites for hydroxylation is 2. The largest absolute Gasteiger partial charge is 0.464 e. The minimum atomic E-state index is -0.435. The second-order valence-electron chi connectivity index (χ2n) is 6.96. The van der Waals surface area contributed by atoms with Crippen LogP contribution in [-0.2, 0) is 4.74 Å². The molecular formula is C25H21NO2. The number of aromatic nitrogens is 1. The highest BCUT2D eigenvalue weighted by Crippen LogP contribution is 2.37. The van der Waals surface area contributed by atoms with Crippen molar-refractivity contribution in [3.63, 3.8) is 0 Å². The van der Waals surface area contributed by atoms with Gasteiger partial charge in [-0.3, -0.25) is 0 Å². The summed E-state index contributed by atoms with van der Waals surface area (Å²) in [5.41, 5.74) is 6.16. The smallest absolute Gasteiger partial charge is 0.357 e. The van der Waals surface area contributed by atoms with Crippen LogP contribution in [0.5, 0.6) is 0 Å². The van der Waals surface area contributed by atoms with Crippen molar-refractivity contribution in [3.05, 3.63) is 89.6 Å². The predicted molar refractivity (Wildman–Crippen MR) is 113 cm³/mol. The SMILES string of the molecule is COC(=O)c1nc(-c2ccccc2)c2cc(C)ccc2c1-c1ccc(C)cc1. The molecule has 3 nitrogen and oxygen atoms in total. The van der Waals surface area contributed by atoms with Crippen LogP contribution in [0.25, 0.3) is 33.2 Å². The van der Waals surface area contributed by atoms with Crippen molar-refractivity contribution in [2.75, 3.05) is 7.11 Å². The number of methoxy groups -OCH3 is 1. The zero-order valence-corrected chi connectivity index (χ0v) is 16.2. The summed E-state index contributed by atoms with van der Waals surface area (Å²) in [6, 6.07) is 24.4. The van der Waals surface area contributed by atoms with E-state index in [4.69, 9.17) is 9.72 Å². The number of carbonyl (C=O) groups excluding carboxylic acids is 1. The van der Waals surface area contributed by atoms with E-state index in [2.05, 4.69) is 25.1 Å². The van der Waals surface area contributed by atoms with E-state index in [0.29, 0.717) is 5.69 Å². The molecule has 28 heavy (non-hydrogen) atoms. The van der Waals surface area contributed by atoms with Crippen LogP contribution >= 0.6 is 0 Å². The second-order valence-corrected chi connectivity index (χ2v) is 6.96. The van der Waals surface area contributed by atoms with Gasteiger partial charge in [-0.2, -0.15) is 0 Å². The number of carbonyl (C=O) groups is 1. The molecule has 0 unspecified atom stereocenters. The molecule has 3 heteroatoms. The van der Waals surface area contributed by atoms with Gasteiger partial charge in [-0.1, -0.05) is 77.9 Å². The van der Waals surface area contributed by atoms with Gasteiger partial charge in [-0.25, -0.2) is 9.78 Å². The molecule has 0 radical (unpaired) electrons. The number of fused-ring (bicyclic) bond motifs is 1. The maximum Gasteiger partial charge on any atom is 0.357 e. The minimum absolute atomic E-state index is 0.335. The Morgan fingerprint density at radius 2 is 1.46 bits per heavy atom. The Morgan fingerprint density at radius 3 is 2.14 bits per heavy atom. The highest BCUT2D eigenvalue weighted by atomic mass is 16.5. The molecular weight excluding hydrogens is 346 g/mol. The van der Waals surface area contributed by atoms with Crippen molar-refractivity contribution < 1.29 is 9.53 Å². The summed E-state index contributed by atoms with van der Waals surface area (Å²) >= 11 is 0. The fourth-order valence-electron chi connectivity index (χ4n) is 3.50. The maximum absolute atomic E-state index is 12.7. The molecule has 0 fully saturated rings. The Morgan fingerprint density at radius 1 is 0.786 bits per heavy atom. The van der Waals surface area contributed by atoms with Crippen LogP contribution in [0.3, 0.4) is 0 Å². The van der Waals surface area contributed by atoms with Crippen molar-refractivity contribution >= 4 is 16.7 Å².